The summed E-state index contributed by atoms with van der Waals surface area (Å²) in [6.45, 7) is 3.81. The lowest BCUT2D eigenvalue weighted by Gasteiger charge is -2.16. The lowest BCUT2D eigenvalue weighted by molar-refractivity contribution is 0.241. The molecule has 2 amide bonds. The van der Waals surface area contributed by atoms with Crippen molar-refractivity contribution in [1.82, 2.24) is 5.32 Å². The van der Waals surface area contributed by atoms with E-state index in [9.17, 15) is 13.2 Å². The van der Waals surface area contributed by atoms with Gasteiger partial charge in [0.2, 0.25) is 0 Å². The maximum Gasteiger partial charge on any atom is 0.319 e. The lowest BCUT2D eigenvalue weighted by atomic mass is 10.2. The van der Waals surface area contributed by atoms with E-state index in [1.165, 1.54) is 0 Å². The first-order chi connectivity index (χ1) is 9.85. The molecule has 21 heavy (non-hydrogen) atoms. The van der Waals surface area contributed by atoms with Crippen LogP contribution < -0.4 is 15.4 Å². The van der Waals surface area contributed by atoms with Crippen LogP contribution in [0.15, 0.2) is 24.3 Å². The number of urea groups is 1. The van der Waals surface area contributed by atoms with E-state index in [0.29, 0.717) is 17.9 Å². The van der Waals surface area contributed by atoms with Gasteiger partial charge in [0.1, 0.15) is 5.75 Å². The van der Waals surface area contributed by atoms with Crippen LogP contribution in [0.25, 0.3) is 0 Å². The molecule has 1 aromatic rings. The van der Waals surface area contributed by atoms with Crippen molar-refractivity contribution >= 4 is 21.6 Å². The molecule has 0 aliphatic carbocycles. The molecule has 0 unspecified atom stereocenters. The predicted molar refractivity (Wildman–Crippen MR) is 81.4 cm³/mol. The number of benzene rings is 1. The van der Waals surface area contributed by atoms with Crippen molar-refractivity contribution in [2.24, 2.45) is 0 Å². The monoisotopic (exact) mass is 312 g/mol. The Morgan fingerprint density at radius 1 is 1.33 bits per heavy atom. The molecule has 0 saturated carbocycles. The Balaban J connectivity index is 1.97. The van der Waals surface area contributed by atoms with E-state index in [0.717, 1.165) is 0 Å². The highest BCUT2D eigenvalue weighted by atomic mass is 32.2. The highest BCUT2D eigenvalue weighted by Crippen LogP contribution is 2.24. The molecule has 2 rings (SSSR count). The Bertz CT molecular complexity index is 613. The summed E-state index contributed by atoms with van der Waals surface area (Å²) in [5.74, 6) is 0.719. The smallest absolute Gasteiger partial charge is 0.319 e. The van der Waals surface area contributed by atoms with Crippen LogP contribution in [-0.2, 0) is 9.84 Å². The molecule has 1 saturated heterocycles. The Morgan fingerprint density at radius 2 is 2.05 bits per heavy atom. The van der Waals surface area contributed by atoms with Crippen molar-refractivity contribution in [3.63, 3.8) is 0 Å². The highest BCUT2D eigenvalue weighted by molar-refractivity contribution is 7.91. The van der Waals surface area contributed by atoms with Gasteiger partial charge in [-0.25, -0.2) is 13.2 Å². The number of anilines is 1. The normalized spacial score (nSPS) is 20.2. The van der Waals surface area contributed by atoms with Crippen LogP contribution in [0.4, 0.5) is 10.5 Å². The van der Waals surface area contributed by atoms with Crippen molar-refractivity contribution in [1.29, 1.82) is 0 Å². The molecule has 0 spiro atoms. The molecule has 7 heteroatoms. The van der Waals surface area contributed by atoms with Gasteiger partial charge in [0.25, 0.3) is 0 Å². The third-order valence-corrected chi connectivity index (χ3v) is 4.83. The number of hydrogen-bond donors (Lipinski definition) is 2. The van der Waals surface area contributed by atoms with Gasteiger partial charge in [0.05, 0.1) is 23.3 Å². The molecule has 0 radical (unpaired) electrons. The standard InChI is InChI=1S/C14H20N2O4S/c1-10(2)20-13-6-4-3-5-12(13)16-14(17)15-11-7-8-21(18,19)9-11/h3-6,10-11H,7-9H2,1-2H3,(H2,15,16,17)/t11-/m0/s1. The van der Waals surface area contributed by atoms with Crippen LogP contribution in [0.1, 0.15) is 20.3 Å². The van der Waals surface area contributed by atoms with Gasteiger partial charge in [-0.05, 0) is 32.4 Å². The molecule has 1 heterocycles. The molecule has 1 fully saturated rings. The molecule has 1 aliphatic heterocycles. The average molecular weight is 312 g/mol. The van der Waals surface area contributed by atoms with E-state index in [-0.39, 0.29) is 23.7 Å². The first-order valence-electron chi connectivity index (χ1n) is 6.89. The number of nitrogens with one attached hydrogen (secondary N) is 2. The third kappa shape index (κ3) is 4.63. The fourth-order valence-electron chi connectivity index (χ4n) is 2.18. The molecular formula is C14H20N2O4S. The number of rotatable bonds is 4. The summed E-state index contributed by atoms with van der Waals surface area (Å²) in [6.07, 6.45) is 0.455. The Labute approximate surface area is 124 Å². The first kappa shape index (κ1) is 15.6. The molecule has 2 N–H and O–H groups in total. The quantitative estimate of drug-likeness (QED) is 0.887. The largest absolute Gasteiger partial charge is 0.489 e. The number of amides is 2. The number of sulfone groups is 1. The van der Waals surface area contributed by atoms with Crippen molar-refractivity contribution in [3.05, 3.63) is 24.3 Å². The van der Waals surface area contributed by atoms with Crippen LogP contribution in [0.2, 0.25) is 0 Å². The summed E-state index contributed by atoms with van der Waals surface area (Å²) in [7, 11) is -3.01. The van der Waals surface area contributed by atoms with Crippen molar-refractivity contribution in [2.45, 2.75) is 32.4 Å². The van der Waals surface area contributed by atoms with Gasteiger partial charge in [0, 0.05) is 6.04 Å². The van der Waals surface area contributed by atoms with E-state index in [4.69, 9.17) is 4.74 Å². The number of carbonyl (C=O) groups is 1. The fraction of sp³-hybridized carbons (Fsp3) is 0.500. The van der Waals surface area contributed by atoms with Crippen LogP contribution in [0.3, 0.4) is 0 Å². The second-order valence-electron chi connectivity index (χ2n) is 5.36. The summed E-state index contributed by atoms with van der Waals surface area (Å²) in [5, 5.41) is 5.38. The summed E-state index contributed by atoms with van der Waals surface area (Å²) >= 11 is 0. The van der Waals surface area contributed by atoms with Crippen molar-refractivity contribution in [2.75, 3.05) is 16.8 Å². The van der Waals surface area contributed by atoms with E-state index >= 15 is 0 Å². The summed E-state index contributed by atoms with van der Waals surface area (Å²) in [5.41, 5.74) is 0.560. The first-order valence-corrected chi connectivity index (χ1v) is 8.71. The third-order valence-electron chi connectivity index (χ3n) is 3.07. The molecule has 0 bridgehead atoms. The van der Waals surface area contributed by atoms with E-state index in [1.54, 1.807) is 18.2 Å². The summed E-state index contributed by atoms with van der Waals surface area (Å²) < 4.78 is 28.3. The summed E-state index contributed by atoms with van der Waals surface area (Å²) in [6, 6.07) is 6.39. The maximum absolute atomic E-state index is 11.9. The minimum atomic E-state index is -3.01. The minimum Gasteiger partial charge on any atom is -0.489 e. The highest BCUT2D eigenvalue weighted by Gasteiger charge is 2.29. The Hall–Kier alpha value is -1.76. The van der Waals surface area contributed by atoms with Gasteiger partial charge >= 0.3 is 6.03 Å². The zero-order valence-corrected chi connectivity index (χ0v) is 12.9. The number of ether oxygens (including phenoxy) is 1. The van der Waals surface area contributed by atoms with Gasteiger partial charge in [-0.15, -0.1) is 0 Å². The molecule has 0 aromatic heterocycles. The maximum atomic E-state index is 11.9. The van der Waals surface area contributed by atoms with Gasteiger partial charge < -0.3 is 15.4 Å². The van der Waals surface area contributed by atoms with Gasteiger partial charge in [-0.1, -0.05) is 12.1 Å². The van der Waals surface area contributed by atoms with E-state index < -0.39 is 15.9 Å². The minimum absolute atomic E-state index is 0.00372. The SMILES string of the molecule is CC(C)Oc1ccccc1NC(=O)N[C@H]1CCS(=O)(=O)C1. The van der Waals surface area contributed by atoms with Gasteiger partial charge in [0.15, 0.2) is 9.84 Å². The molecular weight excluding hydrogens is 292 g/mol. The fourth-order valence-corrected chi connectivity index (χ4v) is 3.85. The van der Waals surface area contributed by atoms with Gasteiger partial charge in [-0.3, -0.25) is 0 Å². The predicted octanol–water partition coefficient (Wildman–Crippen LogP) is 1.78. The Kier molecular flexibility index (Phi) is 4.72. The van der Waals surface area contributed by atoms with Crippen LogP contribution in [-0.4, -0.2) is 38.1 Å². The van der Waals surface area contributed by atoms with Crippen LogP contribution in [0, 0.1) is 0 Å². The Morgan fingerprint density at radius 3 is 2.67 bits per heavy atom. The number of carbonyl (C=O) groups excluding carboxylic acids is 1. The molecule has 1 aliphatic rings. The molecule has 1 aromatic carbocycles. The van der Waals surface area contributed by atoms with Crippen LogP contribution in [0.5, 0.6) is 5.75 Å². The molecule has 6 nitrogen and oxygen atoms in total. The lowest BCUT2D eigenvalue weighted by Crippen LogP contribution is -2.38. The second-order valence-corrected chi connectivity index (χ2v) is 7.59. The average Bonchev–Trinajstić information content (AvgIpc) is 2.70. The van der Waals surface area contributed by atoms with Gasteiger partial charge in [-0.2, -0.15) is 0 Å². The molecule has 116 valence electrons. The number of hydrogen-bond acceptors (Lipinski definition) is 4. The topological polar surface area (TPSA) is 84.5 Å². The molecule has 1 atom stereocenters. The van der Waals surface area contributed by atoms with Crippen molar-refractivity contribution in [3.8, 4) is 5.75 Å². The zero-order valence-electron chi connectivity index (χ0n) is 12.1. The second kappa shape index (κ2) is 6.34. The van der Waals surface area contributed by atoms with E-state index in [2.05, 4.69) is 10.6 Å². The van der Waals surface area contributed by atoms with E-state index in [1.807, 2.05) is 19.9 Å². The van der Waals surface area contributed by atoms with Crippen molar-refractivity contribution < 1.29 is 17.9 Å². The zero-order chi connectivity index (χ0) is 15.5. The number of para-hydroxylation sites is 2. The summed E-state index contributed by atoms with van der Waals surface area (Å²) in [4.78, 5) is 11.9. The van der Waals surface area contributed by atoms with Crippen LogP contribution >= 0.6 is 0 Å².